The molecule has 0 aliphatic rings. The average Bonchev–Trinajstić information content (AvgIpc) is 2.42. The van der Waals surface area contributed by atoms with Gasteiger partial charge in [-0.3, -0.25) is 0 Å². The predicted octanol–water partition coefficient (Wildman–Crippen LogP) is 4.18. The van der Waals surface area contributed by atoms with Crippen LogP contribution in [0.3, 0.4) is 0 Å². The van der Waals surface area contributed by atoms with Gasteiger partial charge in [0.2, 0.25) is 0 Å². The molecule has 0 aliphatic carbocycles. The van der Waals surface area contributed by atoms with E-state index in [-0.39, 0.29) is 12.6 Å². The quantitative estimate of drug-likeness (QED) is 0.486. The minimum absolute atomic E-state index is 0.101. The molecule has 0 spiro atoms. The van der Waals surface area contributed by atoms with E-state index < -0.39 is 6.67 Å². The number of unbranched alkanes of at least 4 members (excludes halogenated alkanes) is 9. The first-order valence-electron chi connectivity index (χ1n) is 7.89. The Hall–Kier alpha value is -0.800. The zero-order valence-electron chi connectivity index (χ0n) is 12.5. The summed E-state index contributed by atoms with van der Waals surface area (Å²) in [5.74, 6) is 0. The van der Waals surface area contributed by atoms with Gasteiger partial charge in [0.05, 0.1) is 0 Å². The Kier molecular flexibility index (Phi) is 14.6. The summed E-state index contributed by atoms with van der Waals surface area (Å²) in [7, 11) is 0. The third-order valence-corrected chi connectivity index (χ3v) is 3.20. The van der Waals surface area contributed by atoms with Crippen molar-refractivity contribution in [3.05, 3.63) is 0 Å². The van der Waals surface area contributed by atoms with E-state index in [1.807, 2.05) is 0 Å². The molecule has 0 radical (unpaired) electrons. The number of urea groups is 1. The number of hydrogen-bond donors (Lipinski definition) is 2. The van der Waals surface area contributed by atoms with E-state index in [1.165, 1.54) is 57.8 Å². The van der Waals surface area contributed by atoms with Crippen molar-refractivity contribution in [2.24, 2.45) is 0 Å². The van der Waals surface area contributed by atoms with Crippen LogP contribution < -0.4 is 10.6 Å². The summed E-state index contributed by atoms with van der Waals surface area (Å²) in [4.78, 5) is 11.1. The summed E-state index contributed by atoms with van der Waals surface area (Å²) in [6.07, 6.45) is 12.9. The number of hydrogen-bond acceptors (Lipinski definition) is 1. The van der Waals surface area contributed by atoms with Crippen LogP contribution in [0.2, 0.25) is 0 Å². The van der Waals surface area contributed by atoms with Crippen molar-refractivity contribution in [2.45, 2.75) is 71.1 Å². The van der Waals surface area contributed by atoms with Crippen LogP contribution in [0.25, 0.3) is 0 Å². The van der Waals surface area contributed by atoms with Crippen molar-refractivity contribution in [3.63, 3.8) is 0 Å². The van der Waals surface area contributed by atoms with Gasteiger partial charge in [0, 0.05) is 13.1 Å². The van der Waals surface area contributed by atoms with Crippen LogP contribution in [0.15, 0.2) is 0 Å². The van der Waals surface area contributed by atoms with E-state index in [2.05, 4.69) is 17.6 Å². The van der Waals surface area contributed by atoms with Gasteiger partial charge in [-0.15, -0.1) is 0 Å². The van der Waals surface area contributed by atoms with Gasteiger partial charge < -0.3 is 10.6 Å². The maximum absolute atomic E-state index is 11.8. The molecule has 0 aromatic heterocycles. The van der Waals surface area contributed by atoms with E-state index in [0.29, 0.717) is 6.54 Å². The third-order valence-electron chi connectivity index (χ3n) is 3.20. The second kappa shape index (κ2) is 15.3. The summed E-state index contributed by atoms with van der Waals surface area (Å²) in [5, 5.41) is 5.17. The molecule has 0 fully saturated rings. The molecule has 0 unspecified atom stereocenters. The van der Waals surface area contributed by atoms with Crippen LogP contribution in [-0.2, 0) is 0 Å². The number of halogens is 1. The Labute approximate surface area is 117 Å². The highest BCUT2D eigenvalue weighted by Crippen LogP contribution is 2.10. The molecule has 3 nitrogen and oxygen atoms in total. The molecule has 0 heterocycles. The zero-order chi connectivity index (χ0) is 14.2. The minimum atomic E-state index is -0.508. The predicted molar refractivity (Wildman–Crippen MR) is 79.2 cm³/mol. The number of carbonyl (C=O) groups is 1. The molecule has 2 amide bonds. The highest BCUT2D eigenvalue weighted by molar-refractivity contribution is 5.73. The topological polar surface area (TPSA) is 41.1 Å². The van der Waals surface area contributed by atoms with Gasteiger partial charge in [0.15, 0.2) is 0 Å². The van der Waals surface area contributed by atoms with Crippen LogP contribution in [0.5, 0.6) is 0 Å². The molecule has 19 heavy (non-hydrogen) atoms. The molecule has 0 saturated heterocycles. The maximum atomic E-state index is 11.8. The molecule has 0 saturated carbocycles. The van der Waals surface area contributed by atoms with Crippen molar-refractivity contribution in [2.75, 3.05) is 19.8 Å². The number of rotatable bonds is 13. The highest BCUT2D eigenvalue weighted by Gasteiger charge is 1.97. The first kappa shape index (κ1) is 18.2. The second-order valence-electron chi connectivity index (χ2n) is 5.05. The molecule has 2 N–H and O–H groups in total. The summed E-state index contributed by atoms with van der Waals surface area (Å²) in [6.45, 7) is 2.52. The van der Waals surface area contributed by atoms with Gasteiger partial charge in [-0.1, -0.05) is 64.7 Å². The van der Waals surface area contributed by atoms with Crippen molar-refractivity contribution in [1.82, 2.24) is 10.6 Å². The minimum Gasteiger partial charge on any atom is -0.338 e. The Bertz CT molecular complexity index is 201. The molecule has 114 valence electrons. The van der Waals surface area contributed by atoms with Crippen molar-refractivity contribution < 1.29 is 9.18 Å². The first-order valence-corrected chi connectivity index (χ1v) is 7.89. The fraction of sp³-hybridized carbons (Fsp3) is 0.933. The molecule has 0 atom stereocenters. The lowest BCUT2D eigenvalue weighted by Crippen LogP contribution is -2.37. The normalized spacial score (nSPS) is 10.4. The second-order valence-corrected chi connectivity index (χ2v) is 5.05. The van der Waals surface area contributed by atoms with E-state index in [0.717, 1.165) is 6.42 Å². The Balaban J connectivity index is 3.04. The van der Waals surface area contributed by atoms with Crippen LogP contribution in [0.4, 0.5) is 9.18 Å². The molecule has 0 aromatic carbocycles. The lowest BCUT2D eigenvalue weighted by Gasteiger charge is -2.06. The van der Waals surface area contributed by atoms with E-state index >= 15 is 0 Å². The Morgan fingerprint density at radius 2 is 1.26 bits per heavy atom. The van der Waals surface area contributed by atoms with Crippen LogP contribution in [0.1, 0.15) is 71.1 Å². The molecular weight excluding hydrogens is 243 g/mol. The number of carbonyl (C=O) groups excluding carboxylic acids is 1. The fourth-order valence-corrected chi connectivity index (χ4v) is 2.04. The lowest BCUT2D eigenvalue weighted by molar-refractivity contribution is 0.239. The highest BCUT2D eigenvalue weighted by atomic mass is 19.1. The van der Waals surface area contributed by atoms with Gasteiger partial charge in [-0.05, 0) is 6.42 Å². The lowest BCUT2D eigenvalue weighted by atomic mass is 10.1. The molecule has 4 heteroatoms. The largest absolute Gasteiger partial charge is 0.338 e. The number of alkyl halides is 1. The smallest absolute Gasteiger partial charge is 0.314 e. The summed E-state index contributed by atoms with van der Waals surface area (Å²) < 4.78 is 11.8. The van der Waals surface area contributed by atoms with Crippen LogP contribution in [-0.4, -0.2) is 25.8 Å². The van der Waals surface area contributed by atoms with Crippen molar-refractivity contribution in [1.29, 1.82) is 0 Å². The number of amides is 2. The van der Waals surface area contributed by atoms with Gasteiger partial charge in [0.1, 0.15) is 6.67 Å². The Morgan fingerprint density at radius 3 is 1.79 bits per heavy atom. The summed E-state index contributed by atoms with van der Waals surface area (Å²) >= 11 is 0. The standard InChI is InChI=1S/C15H31FN2O/c1-2-3-4-5-6-7-8-9-10-11-13-17-15(19)18-14-12-16/h2-14H2,1H3,(H2,17,18,19). The third kappa shape index (κ3) is 15.1. The number of nitrogens with one attached hydrogen (secondary N) is 2. The van der Waals surface area contributed by atoms with Crippen LogP contribution in [0, 0.1) is 0 Å². The maximum Gasteiger partial charge on any atom is 0.314 e. The van der Waals surface area contributed by atoms with Gasteiger partial charge >= 0.3 is 6.03 Å². The fourth-order valence-electron chi connectivity index (χ4n) is 2.04. The molecule has 0 aliphatic heterocycles. The Morgan fingerprint density at radius 1 is 0.789 bits per heavy atom. The zero-order valence-corrected chi connectivity index (χ0v) is 12.5. The van der Waals surface area contributed by atoms with Gasteiger partial charge in [0.25, 0.3) is 0 Å². The molecule has 0 bridgehead atoms. The van der Waals surface area contributed by atoms with Gasteiger partial charge in [-0.25, -0.2) is 9.18 Å². The van der Waals surface area contributed by atoms with E-state index in [1.54, 1.807) is 0 Å². The van der Waals surface area contributed by atoms with Gasteiger partial charge in [-0.2, -0.15) is 0 Å². The van der Waals surface area contributed by atoms with Crippen LogP contribution >= 0.6 is 0 Å². The summed E-state index contributed by atoms with van der Waals surface area (Å²) in [6, 6.07) is -0.256. The molecule has 0 rings (SSSR count). The van der Waals surface area contributed by atoms with E-state index in [4.69, 9.17) is 0 Å². The van der Waals surface area contributed by atoms with E-state index in [9.17, 15) is 9.18 Å². The molecule has 0 aromatic rings. The van der Waals surface area contributed by atoms with Crippen molar-refractivity contribution in [3.8, 4) is 0 Å². The SMILES string of the molecule is CCCCCCCCCCCCNC(=O)NCCF. The monoisotopic (exact) mass is 274 g/mol. The first-order chi connectivity index (χ1) is 9.31. The summed E-state index contributed by atoms with van der Waals surface area (Å²) in [5.41, 5.74) is 0. The van der Waals surface area contributed by atoms with Crippen molar-refractivity contribution >= 4 is 6.03 Å². The molecular formula is C15H31FN2O. The average molecular weight is 274 g/mol.